The third-order valence-electron chi connectivity index (χ3n) is 2.81. The van der Waals surface area contributed by atoms with Crippen molar-refractivity contribution in [1.82, 2.24) is 4.98 Å². The zero-order chi connectivity index (χ0) is 14.4. The molecule has 20 heavy (non-hydrogen) atoms. The van der Waals surface area contributed by atoms with Crippen LogP contribution < -0.4 is 10.1 Å². The van der Waals surface area contributed by atoms with Gasteiger partial charge in [-0.2, -0.15) is 5.26 Å². The lowest BCUT2D eigenvalue weighted by Crippen LogP contribution is -2.23. The molecule has 0 saturated heterocycles. The summed E-state index contributed by atoms with van der Waals surface area (Å²) < 4.78 is 5.71. The van der Waals surface area contributed by atoms with Crippen molar-refractivity contribution in [2.24, 2.45) is 0 Å². The standard InChI is InChI=1S/C16H17N3O/c1-12-3-5-16(6-4-12)20-11-13(2)19-14-7-8-18-15(9-14)10-17/h3-9,13H,11H2,1-2H3,(H,18,19). The van der Waals surface area contributed by atoms with E-state index in [1.165, 1.54) is 5.56 Å². The van der Waals surface area contributed by atoms with Gasteiger partial charge in [0.25, 0.3) is 0 Å². The van der Waals surface area contributed by atoms with Crippen LogP contribution in [-0.4, -0.2) is 17.6 Å². The number of ether oxygens (including phenoxy) is 1. The van der Waals surface area contributed by atoms with E-state index in [0.717, 1.165) is 11.4 Å². The van der Waals surface area contributed by atoms with E-state index >= 15 is 0 Å². The van der Waals surface area contributed by atoms with Crippen molar-refractivity contribution in [3.05, 3.63) is 53.9 Å². The third-order valence-corrected chi connectivity index (χ3v) is 2.81. The van der Waals surface area contributed by atoms with E-state index in [9.17, 15) is 0 Å². The Kier molecular flexibility index (Phi) is 4.56. The van der Waals surface area contributed by atoms with E-state index in [1.807, 2.05) is 50.2 Å². The highest BCUT2D eigenvalue weighted by Crippen LogP contribution is 2.13. The van der Waals surface area contributed by atoms with Crippen LogP contribution in [0.5, 0.6) is 5.75 Å². The Morgan fingerprint density at radius 3 is 2.75 bits per heavy atom. The van der Waals surface area contributed by atoms with Gasteiger partial charge in [-0.25, -0.2) is 4.98 Å². The predicted molar refractivity (Wildman–Crippen MR) is 78.7 cm³/mol. The van der Waals surface area contributed by atoms with Crippen LogP contribution in [0.25, 0.3) is 0 Å². The van der Waals surface area contributed by atoms with Crippen molar-refractivity contribution in [3.63, 3.8) is 0 Å². The van der Waals surface area contributed by atoms with Gasteiger partial charge in [-0.3, -0.25) is 0 Å². The first kappa shape index (κ1) is 13.9. The van der Waals surface area contributed by atoms with Crippen molar-refractivity contribution >= 4 is 5.69 Å². The van der Waals surface area contributed by atoms with Crippen molar-refractivity contribution in [2.45, 2.75) is 19.9 Å². The molecule has 1 N–H and O–H groups in total. The van der Waals surface area contributed by atoms with E-state index in [1.54, 1.807) is 12.3 Å². The molecule has 1 aromatic carbocycles. The average Bonchev–Trinajstić information content (AvgIpc) is 2.47. The summed E-state index contributed by atoms with van der Waals surface area (Å²) in [4.78, 5) is 3.93. The number of rotatable bonds is 5. The highest BCUT2D eigenvalue weighted by atomic mass is 16.5. The number of benzene rings is 1. The lowest BCUT2D eigenvalue weighted by atomic mass is 10.2. The van der Waals surface area contributed by atoms with E-state index in [4.69, 9.17) is 10.00 Å². The first-order valence-electron chi connectivity index (χ1n) is 6.49. The first-order chi connectivity index (χ1) is 9.67. The molecule has 4 nitrogen and oxygen atoms in total. The van der Waals surface area contributed by atoms with Crippen molar-refractivity contribution < 1.29 is 4.74 Å². The molecule has 0 amide bonds. The molecular weight excluding hydrogens is 250 g/mol. The summed E-state index contributed by atoms with van der Waals surface area (Å²) in [5, 5.41) is 12.1. The van der Waals surface area contributed by atoms with Gasteiger partial charge in [-0.15, -0.1) is 0 Å². The summed E-state index contributed by atoms with van der Waals surface area (Å²) >= 11 is 0. The van der Waals surface area contributed by atoms with Gasteiger partial charge in [0, 0.05) is 11.9 Å². The molecular formula is C16H17N3O. The fourth-order valence-electron chi connectivity index (χ4n) is 1.76. The quantitative estimate of drug-likeness (QED) is 0.904. The number of anilines is 1. The Morgan fingerprint density at radius 2 is 2.05 bits per heavy atom. The van der Waals surface area contributed by atoms with Crippen molar-refractivity contribution in [2.75, 3.05) is 11.9 Å². The number of nitrogens with zero attached hydrogens (tertiary/aromatic N) is 2. The number of nitrogens with one attached hydrogen (secondary N) is 1. The molecule has 2 aromatic rings. The largest absolute Gasteiger partial charge is 0.491 e. The van der Waals surface area contributed by atoms with Crippen LogP contribution in [0.2, 0.25) is 0 Å². The van der Waals surface area contributed by atoms with Crippen molar-refractivity contribution in [1.29, 1.82) is 5.26 Å². The van der Waals surface area contributed by atoms with Gasteiger partial charge in [0.15, 0.2) is 0 Å². The number of aryl methyl sites for hydroxylation is 1. The Labute approximate surface area is 119 Å². The number of nitriles is 1. The minimum atomic E-state index is 0.130. The molecule has 1 heterocycles. The van der Waals surface area contributed by atoms with E-state index in [-0.39, 0.29) is 6.04 Å². The minimum Gasteiger partial charge on any atom is -0.491 e. The zero-order valence-electron chi connectivity index (χ0n) is 11.6. The minimum absolute atomic E-state index is 0.130. The topological polar surface area (TPSA) is 57.9 Å². The molecule has 1 atom stereocenters. The van der Waals surface area contributed by atoms with E-state index in [2.05, 4.69) is 10.3 Å². The molecule has 102 valence electrons. The van der Waals surface area contributed by atoms with Gasteiger partial charge in [-0.1, -0.05) is 17.7 Å². The smallest absolute Gasteiger partial charge is 0.142 e. The summed E-state index contributed by atoms with van der Waals surface area (Å²) in [5.74, 6) is 0.858. The summed E-state index contributed by atoms with van der Waals surface area (Å²) in [6.45, 7) is 4.62. The van der Waals surface area contributed by atoms with Gasteiger partial charge >= 0.3 is 0 Å². The van der Waals surface area contributed by atoms with Crippen LogP contribution in [0.3, 0.4) is 0 Å². The molecule has 0 saturated carbocycles. The Balaban J connectivity index is 1.87. The molecule has 4 heteroatoms. The van der Waals surface area contributed by atoms with Gasteiger partial charge in [0.2, 0.25) is 0 Å². The monoisotopic (exact) mass is 267 g/mol. The maximum atomic E-state index is 8.81. The highest BCUT2D eigenvalue weighted by Gasteiger charge is 2.04. The summed E-state index contributed by atoms with van der Waals surface area (Å²) in [5.41, 5.74) is 2.49. The Hall–Kier alpha value is -2.54. The second-order valence-corrected chi connectivity index (χ2v) is 4.71. The highest BCUT2D eigenvalue weighted by molar-refractivity contribution is 5.46. The number of aromatic nitrogens is 1. The summed E-state index contributed by atoms with van der Waals surface area (Å²) in [7, 11) is 0. The maximum Gasteiger partial charge on any atom is 0.142 e. The average molecular weight is 267 g/mol. The van der Waals surface area contributed by atoms with Crippen LogP contribution in [0, 0.1) is 18.3 Å². The predicted octanol–water partition coefficient (Wildman–Crippen LogP) is 3.14. The third kappa shape index (κ3) is 3.99. The normalized spacial score (nSPS) is 11.4. The molecule has 0 bridgehead atoms. The molecule has 0 aliphatic rings. The van der Waals surface area contributed by atoms with Crippen LogP contribution in [0.4, 0.5) is 5.69 Å². The van der Waals surface area contributed by atoms with E-state index in [0.29, 0.717) is 12.3 Å². The summed E-state index contributed by atoms with van der Waals surface area (Å²) in [6.07, 6.45) is 1.62. The number of hydrogen-bond donors (Lipinski definition) is 1. The Bertz CT molecular complexity index is 602. The Morgan fingerprint density at radius 1 is 1.30 bits per heavy atom. The van der Waals surface area contributed by atoms with E-state index < -0.39 is 0 Å². The number of pyridine rings is 1. The molecule has 0 radical (unpaired) electrons. The van der Waals surface area contributed by atoms with Gasteiger partial charge < -0.3 is 10.1 Å². The summed E-state index contributed by atoms with van der Waals surface area (Å²) in [6, 6.07) is 13.7. The fraction of sp³-hybridized carbons (Fsp3) is 0.250. The van der Waals surface area contributed by atoms with Crippen molar-refractivity contribution in [3.8, 4) is 11.8 Å². The molecule has 1 unspecified atom stereocenters. The number of hydrogen-bond acceptors (Lipinski definition) is 4. The lowest BCUT2D eigenvalue weighted by Gasteiger charge is -2.16. The fourth-order valence-corrected chi connectivity index (χ4v) is 1.76. The molecule has 0 aliphatic heterocycles. The van der Waals surface area contributed by atoms with Crippen LogP contribution >= 0.6 is 0 Å². The molecule has 0 aliphatic carbocycles. The van der Waals surface area contributed by atoms with Crippen LogP contribution in [-0.2, 0) is 0 Å². The van der Waals surface area contributed by atoms with Gasteiger partial charge in [0.05, 0.1) is 6.04 Å². The van der Waals surface area contributed by atoms with Gasteiger partial charge in [0.1, 0.15) is 24.1 Å². The second-order valence-electron chi connectivity index (χ2n) is 4.71. The molecule has 0 spiro atoms. The first-order valence-corrected chi connectivity index (χ1v) is 6.49. The zero-order valence-corrected chi connectivity index (χ0v) is 11.6. The van der Waals surface area contributed by atoms with Crippen LogP contribution in [0.1, 0.15) is 18.2 Å². The molecule has 1 aromatic heterocycles. The van der Waals surface area contributed by atoms with Crippen LogP contribution in [0.15, 0.2) is 42.6 Å². The maximum absolute atomic E-state index is 8.81. The second kappa shape index (κ2) is 6.58. The lowest BCUT2D eigenvalue weighted by molar-refractivity contribution is 0.304. The SMILES string of the molecule is Cc1ccc(OCC(C)Nc2ccnc(C#N)c2)cc1. The van der Waals surface area contributed by atoms with Gasteiger partial charge in [-0.05, 0) is 38.1 Å². The molecule has 0 fully saturated rings. The molecule has 2 rings (SSSR count).